The Kier molecular flexibility index (Phi) is 6.17. The molecule has 2 bridgehead atoms. The smallest absolute Gasteiger partial charge is 0.270 e. The van der Waals surface area contributed by atoms with E-state index in [1.54, 1.807) is 20.3 Å². The molecule has 0 aliphatic carbocycles. The minimum absolute atomic E-state index is 0.122. The highest BCUT2D eigenvalue weighted by Crippen LogP contribution is 2.38. The minimum Gasteiger partial charge on any atom is -0.496 e. The number of nitrogens with zero attached hydrogens (tertiary/aromatic N) is 2. The molecule has 1 aromatic heterocycles. The first-order valence-corrected chi connectivity index (χ1v) is 12.1. The zero-order valence-electron chi connectivity index (χ0n) is 20.4. The van der Waals surface area contributed by atoms with E-state index in [2.05, 4.69) is 41.2 Å². The van der Waals surface area contributed by atoms with Crippen molar-refractivity contribution in [3.05, 3.63) is 64.8 Å². The Hall–Kier alpha value is -3.12. The molecule has 34 heavy (non-hydrogen) atoms. The summed E-state index contributed by atoms with van der Waals surface area (Å²) in [4.78, 5) is 20.4. The third kappa shape index (κ3) is 4.11. The monoisotopic (exact) mass is 459 g/mol. The highest BCUT2D eigenvalue weighted by atomic mass is 16.5. The SMILES string of the molecule is COc1ccc(CN2C3CCC2CC(NC(=O)c2cc(OC)c4ccccc4n2)C3)c(C)c1C. The zero-order valence-corrected chi connectivity index (χ0v) is 20.4. The molecule has 1 N–H and O–H groups in total. The lowest BCUT2D eigenvalue weighted by Gasteiger charge is -2.39. The van der Waals surface area contributed by atoms with Crippen molar-refractivity contribution in [1.82, 2.24) is 15.2 Å². The fraction of sp³-hybridized carbons (Fsp3) is 0.429. The van der Waals surface area contributed by atoms with Crippen LogP contribution in [0, 0.1) is 13.8 Å². The molecule has 2 fully saturated rings. The van der Waals surface area contributed by atoms with Gasteiger partial charge in [-0.2, -0.15) is 0 Å². The number of pyridine rings is 1. The number of nitrogens with one attached hydrogen (secondary N) is 1. The first-order chi connectivity index (χ1) is 16.5. The standard InChI is InChI=1S/C28H33N3O3/c1-17-18(2)26(33-3)12-9-19(17)16-31-21-10-11-22(31)14-20(13-21)29-28(32)25-15-27(34-4)23-7-5-6-8-24(23)30-25/h5-9,12,15,20-22H,10-11,13-14,16H2,1-4H3,(H,29,32). The van der Waals surface area contributed by atoms with E-state index in [1.807, 2.05) is 24.3 Å². The molecule has 178 valence electrons. The molecule has 2 aromatic carbocycles. The van der Waals surface area contributed by atoms with Gasteiger partial charge in [-0.15, -0.1) is 0 Å². The first kappa shape index (κ1) is 22.7. The number of hydrogen-bond acceptors (Lipinski definition) is 5. The van der Waals surface area contributed by atoms with Crippen LogP contribution in [0.3, 0.4) is 0 Å². The summed E-state index contributed by atoms with van der Waals surface area (Å²) in [6.07, 6.45) is 4.32. The fourth-order valence-electron chi connectivity index (χ4n) is 5.78. The number of aromatic nitrogens is 1. The molecule has 2 saturated heterocycles. The van der Waals surface area contributed by atoms with Gasteiger partial charge in [-0.3, -0.25) is 9.69 Å². The molecule has 6 heteroatoms. The van der Waals surface area contributed by atoms with Gasteiger partial charge >= 0.3 is 0 Å². The summed E-state index contributed by atoms with van der Waals surface area (Å²) in [6.45, 7) is 5.27. The molecule has 3 aromatic rings. The van der Waals surface area contributed by atoms with Gasteiger partial charge in [0, 0.05) is 36.1 Å². The van der Waals surface area contributed by atoms with Crippen LogP contribution >= 0.6 is 0 Å². The number of piperidine rings is 1. The van der Waals surface area contributed by atoms with E-state index in [0.717, 1.165) is 36.0 Å². The van der Waals surface area contributed by atoms with Gasteiger partial charge in [-0.25, -0.2) is 4.98 Å². The molecule has 3 heterocycles. The Bertz CT molecular complexity index is 1210. The molecule has 2 unspecified atom stereocenters. The van der Waals surface area contributed by atoms with E-state index in [-0.39, 0.29) is 11.9 Å². The van der Waals surface area contributed by atoms with Crippen molar-refractivity contribution in [1.29, 1.82) is 0 Å². The van der Waals surface area contributed by atoms with Crippen LogP contribution in [0.2, 0.25) is 0 Å². The summed E-state index contributed by atoms with van der Waals surface area (Å²) in [5.41, 5.74) is 5.07. The molecule has 0 spiro atoms. The largest absolute Gasteiger partial charge is 0.496 e. The summed E-state index contributed by atoms with van der Waals surface area (Å²) < 4.78 is 11.0. The quantitative estimate of drug-likeness (QED) is 0.574. The summed E-state index contributed by atoms with van der Waals surface area (Å²) >= 11 is 0. The van der Waals surface area contributed by atoms with Crippen LogP contribution in [-0.2, 0) is 6.54 Å². The van der Waals surface area contributed by atoms with E-state index >= 15 is 0 Å². The van der Waals surface area contributed by atoms with E-state index in [1.165, 1.54) is 29.5 Å². The van der Waals surface area contributed by atoms with Gasteiger partial charge in [0.25, 0.3) is 5.91 Å². The lowest BCUT2D eigenvalue weighted by molar-refractivity contribution is 0.0823. The van der Waals surface area contributed by atoms with Gasteiger partial charge in [0.2, 0.25) is 0 Å². The number of rotatable bonds is 6. The van der Waals surface area contributed by atoms with Crippen molar-refractivity contribution in [2.24, 2.45) is 0 Å². The van der Waals surface area contributed by atoms with E-state index in [0.29, 0.717) is 23.5 Å². The topological polar surface area (TPSA) is 63.7 Å². The Morgan fingerprint density at radius 3 is 2.41 bits per heavy atom. The molecule has 2 aliphatic heterocycles. The van der Waals surface area contributed by atoms with E-state index in [9.17, 15) is 4.79 Å². The number of methoxy groups -OCH3 is 2. The molecule has 0 radical (unpaired) electrons. The number of ether oxygens (including phenoxy) is 2. The second kappa shape index (κ2) is 9.26. The second-order valence-corrected chi connectivity index (χ2v) is 9.60. The predicted octanol–water partition coefficient (Wildman–Crippen LogP) is 4.79. The maximum Gasteiger partial charge on any atom is 0.270 e. The van der Waals surface area contributed by atoms with Gasteiger partial charge in [0.05, 0.1) is 19.7 Å². The minimum atomic E-state index is -0.122. The van der Waals surface area contributed by atoms with Crippen LogP contribution in [0.15, 0.2) is 42.5 Å². The van der Waals surface area contributed by atoms with Gasteiger partial charge in [0.15, 0.2) is 0 Å². The van der Waals surface area contributed by atoms with Crippen LogP contribution in [0.25, 0.3) is 10.9 Å². The van der Waals surface area contributed by atoms with Gasteiger partial charge in [-0.05, 0) is 74.4 Å². The lowest BCUT2D eigenvalue weighted by atomic mass is 9.95. The van der Waals surface area contributed by atoms with Crippen molar-refractivity contribution in [3.8, 4) is 11.5 Å². The molecular formula is C28H33N3O3. The number of benzene rings is 2. The summed E-state index contributed by atoms with van der Waals surface area (Å²) in [6, 6.07) is 14.9. The van der Waals surface area contributed by atoms with Crippen LogP contribution in [0.1, 0.15) is 52.9 Å². The maximum absolute atomic E-state index is 13.1. The van der Waals surface area contributed by atoms with Crippen molar-refractivity contribution < 1.29 is 14.3 Å². The van der Waals surface area contributed by atoms with E-state index in [4.69, 9.17) is 9.47 Å². The van der Waals surface area contributed by atoms with Gasteiger partial charge < -0.3 is 14.8 Å². The van der Waals surface area contributed by atoms with E-state index < -0.39 is 0 Å². The second-order valence-electron chi connectivity index (χ2n) is 9.60. The highest BCUT2D eigenvalue weighted by molar-refractivity contribution is 5.97. The summed E-state index contributed by atoms with van der Waals surface area (Å²) in [5, 5.41) is 4.19. The Labute approximate surface area is 201 Å². The van der Waals surface area contributed by atoms with Gasteiger partial charge in [-0.1, -0.05) is 18.2 Å². The predicted molar refractivity (Wildman–Crippen MR) is 134 cm³/mol. The number of carbonyl (C=O) groups excluding carboxylic acids is 1. The molecule has 2 aliphatic rings. The van der Waals surface area contributed by atoms with Crippen molar-refractivity contribution in [2.75, 3.05) is 14.2 Å². The molecular weight excluding hydrogens is 426 g/mol. The third-order valence-electron chi connectivity index (χ3n) is 7.77. The number of carbonyl (C=O) groups is 1. The molecule has 0 saturated carbocycles. The molecule has 5 rings (SSSR count). The van der Waals surface area contributed by atoms with Crippen LogP contribution < -0.4 is 14.8 Å². The Morgan fingerprint density at radius 2 is 1.71 bits per heavy atom. The first-order valence-electron chi connectivity index (χ1n) is 12.1. The lowest BCUT2D eigenvalue weighted by Crippen LogP contribution is -2.50. The average Bonchev–Trinajstić information content (AvgIpc) is 3.08. The fourth-order valence-corrected chi connectivity index (χ4v) is 5.78. The van der Waals surface area contributed by atoms with Crippen LogP contribution in [0.5, 0.6) is 11.5 Å². The Morgan fingerprint density at radius 1 is 1.00 bits per heavy atom. The normalized spacial score (nSPS) is 22.1. The average molecular weight is 460 g/mol. The highest BCUT2D eigenvalue weighted by Gasteiger charge is 2.41. The van der Waals surface area contributed by atoms with Crippen LogP contribution in [0.4, 0.5) is 0 Å². The number of hydrogen-bond donors (Lipinski definition) is 1. The Balaban J connectivity index is 1.28. The number of para-hydroxylation sites is 1. The number of amides is 1. The molecule has 2 atom stereocenters. The third-order valence-corrected chi connectivity index (χ3v) is 7.77. The van der Waals surface area contributed by atoms with Crippen molar-refractivity contribution in [2.45, 2.75) is 64.2 Å². The van der Waals surface area contributed by atoms with Crippen LogP contribution in [-0.4, -0.2) is 48.1 Å². The molecule has 1 amide bonds. The van der Waals surface area contributed by atoms with Crippen molar-refractivity contribution >= 4 is 16.8 Å². The van der Waals surface area contributed by atoms with Crippen molar-refractivity contribution in [3.63, 3.8) is 0 Å². The summed E-state index contributed by atoms with van der Waals surface area (Å²) in [5.74, 6) is 1.50. The maximum atomic E-state index is 13.1. The number of fused-ring (bicyclic) bond motifs is 3. The zero-order chi connectivity index (χ0) is 23.8. The summed E-state index contributed by atoms with van der Waals surface area (Å²) in [7, 11) is 3.35. The van der Waals surface area contributed by atoms with Gasteiger partial charge in [0.1, 0.15) is 17.2 Å². The molecule has 6 nitrogen and oxygen atoms in total.